The molecule has 4 aromatic rings. The molecule has 1 aliphatic heterocycles. The van der Waals surface area contributed by atoms with Gasteiger partial charge in [0.1, 0.15) is 17.2 Å². The van der Waals surface area contributed by atoms with E-state index in [2.05, 4.69) is 31.9 Å². The normalized spacial score (nSPS) is 14.6. The van der Waals surface area contributed by atoms with Gasteiger partial charge in [0.15, 0.2) is 0 Å². The second-order valence-electron chi connectivity index (χ2n) is 9.53. The molecule has 3 heterocycles. The number of rotatable bonds is 9. The first kappa shape index (κ1) is 24.9. The fourth-order valence-electron chi connectivity index (χ4n) is 5.05. The molecule has 1 aliphatic rings. The average Bonchev–Trinajstić information content (AvgIpc) is 3.27. The minimum Gasteiger partial charge on any atom is -0.480 e. The van der Waals surface area contributed by atoms with E-state index in [9.17, 15) is 9.18 Å². The lowest BCUT2D eigenvalue weighted by Gasteiger charge is -2.32. The van der Waals surface area contributed by atoms with Gasteiger partial charge in [-0.05, 0) is 73.8 Å². The van der Waals surface area contributed by atoms with Gasteiger partial charge in [-0.2, -0.15) is 0 Å². The Labute approximate surface area is 216 Å². The number of aromatic nitrogens is 3. The molecule has 192 valence electrons. The van der Waals surface area contributed by atoms with Gasteiger partial charge < -0.3 is 19.5 Å². The van der Waals surface area contributed by atoms with E-state index in [0.29, 0.717) is 30.5 Å². The van der Waals surface area contributed by atoms with E-state index in [1.807, 2.05) is 24.3 Å². The highest BCUT2D eigenvalue weighted by Crippen LogP contribution is 2.25. The number of halogens is 1. The summed E-state index contributed by atoms with van der Waals surface area (Å²) in [5.74, 6) is 1.59. The molecule has 0 spiro atoms. The van der Waals surface area contributed by atoms with Crippen LogP contribution in [0, 0.1) is 11.7 Å². The highest BCUT2D eigenvalue weighted by atomic mass is 19.1. The van der Waals surface area contributed by atoms with Gasteiger partial charge >= 0.3 is 0 Å². The van der Waals surface area contributed by atoms with Crippen LogP contribution in [0.5, 0.6) is 5.88 Å². The molecule has 0 aliphatic carbocycles. The smallest absolute Gasteiger partial charge is 0.256 e. The molecule has 1 N–H and O–H groups in total. The summed E-state index contributed by atoms with van der Waals surface area (Å²) in [5.41, 5.74) is 3.62. The zero-order chi connectivity index (χ0) is 25.6. The number of carbonyl (C=O) groups is 1. The molecule has 2 aromatic heterocycles. The number of fused-ring (bicyclic) bond motifs is 1. The summed E-state index contributed by atoms with van der Waals surface area (Å²) in [6, 6.07) is 18.4. The maximum Gasteiger partial charge on any atom is 0.256 e. The quantitative estimate of drug-likeness (QED) is 0.370. The molecule has 0 bridgehead atoms. The molecular formula is C29H32FN5O2. The van der Waals surface area contributed by atoms with Crippen molar-refractivity contribution in [2.75, 3.05) is 33.3 Å². The number of imidazole rings is 1. The van der Waals surface area contributed by atoms with Gasteiger partial charge in [-0.1, -0.05) is 24.3 Å². The molecule has 0 atom stereocenters. The zero-order valence-electron chi connectivity index (χ0n) is 21.1. The Morgan fingerprint density at radius 3 is 2.65 bits per heavy atom. The SMILES string of the molecule is COc1ncccc1C(=O)NCCN1CCC(Cc2nc3ccccc3n2Cc2ccc(F)cc2)CC1. The van der Waals surface area contributed by atoms with Gasteiger partial charge in [0.2, 0.25) is 5.88 Å². The third-order valence-electron chi connectivity index (χ3n) is 7.09. The van der Waals surface area contributed by atoms with E-state index in [4.69, 9.17) is 9.72 Å². The molecule has 1 amide bonds. The van der Waals surface area contributed by atoms with Crippen LogP contribution in [0.25, 0.3) is 11.0 Å². The van der Waals surface area contributed by atoms with Gasteiger partial charge in [-0.3, -0.25) is 4.79 Å². The summed E-state index contributed by atoms with van der Waals surface area (Å²) in [5, 5.41) is 2.98. The number of carbonyl (C=O) groups excluding carboxylic acids is 1. The van der Waals surface area contributed by atoms with Gasteiger partial charge in [-0.15, -0.1) is 0 Å². The topological polar surface area (TPSA) is 72.3 Å². The molecular weight excluding hydrogens is 469 g/mol. The second kappa shape index (κ2) is 11.5. The zero-order valence-corrected chi connectivity index (χ0v) is 21.1. The van der Waals surface area contributed by atoms with Crippen molar-refractivity contribution in [3.8, 4) is 5.88 Å². The van der Waals surface area contributed by atoms with Crippen LogP contribution in [0.3, 0.4) is 0 Å². The number of methoxy groups -OCH3 is 1. The number of pyridine rings is 1. The van der Waals surface area contributed by atoms with Crippen LogP contribution in [0.15, 0.2) is 66.9 Å². The maximum atomic E-state index is 13.4. The van der Waals surface area contributed by atoms with E-state index in [1.54, 1.807) is 18.3 Å². The lowest BCUT2D eigenvalue weighted by molar-refractivity contribution is 0.0940. The first-order chi connectivity index (χ1) is 18.1. The number of nitrogens with one attached hydrogen (secondary N) is 1. The van der Waals surface area contributed by atoms with E-state index >= 15 is 0 Å². The van der Waals surface area contributed by atoms with E-state index in [1.165, 1.54) is 19.2 Å². The van der Waals surface area contributed by atoms with Crippen molar-refractivity contribution in [1.29, 1.82) is 0 Å². The molecule has 0 radical (unpaired) electrons. The first-order valence-electron chi connectivity index (χ1n) is 12.8. The number of amides is 1. The number of hydrogen-bond acceptors (Lipinski definition) is 5. The summed E-state index contributed by atoms with van der Waals surface area (Å²) < 4.78 is 20.9. The highest BCUT2D eigenvalue weighted by molar-refractivity contribution is 5.96. The predicted octanol–water partition coefficient (Wildman–Crippen LogP) is 4.31. The number of likely N-dealkylation sites (tertiary alicyclic amines) is 1. The maximum absolute atomic E-state index is 13.4. The van der Waals surface area contributed by atoms with E-state index in [-0.39, 0.29) is 11.7 Å². The molecule has 37 heavy (non-hydrogen) atoms. The molecule has 5 rings (SSSR count). The van der Waals surface area contributed by atoms with Crippen LogP contribution in [-0.2, 0) is 13.0 Å². The van der Waals surface area contributed by atoms with Crippen LogP contribution in [0.1, 0.15) is 34.6 Å². The van der Waals surface area contributed by atoms with E-state index in [0.717, 1.165) is 61.3 Å². The summed E-state index contributed by atoms with van der Waals surface area (Å²) in [6.07, 6.45) is 4.70. The number of hydrogen-bond donors (Lipinski definition) is 1. The van der Waals surface area contributed by atoms with Crippen LogP contribution in [-0.4, -0.2) is 58.6 Å². The fraction of sp³-hybridized carbons (Fsp3) is 0.345. The van der Waals surface area contributed by atoms with Crippen molar-refractivity contribution in [3.63, 3.8) is 0 Å². The Kier molecular flexibility index (Phi) is 7.75. The average molecular weight is 502 g/mol. The van der Waals surface area contributed by atoms with Gasteiger partial charge in [0, 0.05) is 32.3 Å². The van der Waals surface area contributed by atoms with Crippen molar-refractivity contribution in [2.45, 2.75) is 25.8 Å². The van der Waals surface area contributed by atoms with Crippen molar-refractivity contribution in [3.05, 3.63) is 89.6 Å². The minimum absolute atomic E-state index is 0.167. The molecule has 7 nitrogen and oxygen atoms in total. The Balaban J connectivity index is 1.16. The minimum atomic E-state index is -0.220. The van der Waals surface area contributed by atoms with Crippen LogP contribution in [0.4, 0.5) is 4.39 Å². The number of para-hydroxylation sites is 2. The van der Waals surface area contributed by atoms with Gasteiger partial charge in [0.05, 0.1) is 18.1 Å². The number of ether oxygens (including phenoxy) is 1. The standard InChI is InChI=1S/C29H32FN5O2/c1-37-29-24(5-4-14-32-29)28(36)31-15-18-34-16-12-21(13-17-34)19-27-33-25-6-2-3-7-26(25)35(27)20-22-8-10-23(30)11-9-22/h2-11,14,21H,12-13,15-20H2,1H3,(H,31,36). The van der Waals surface area contributed by atoms with Crippen LogP contribution in [0.2, 0.25) is 0 Å². The molecule has 2 aromatic carbocycles. The molecule has 0 unspecified atom stereocenters. The monoisotopic (exact) mass is 501 g/mol. The molecule has 0 saturated carbocycles. The van der Waals surface area contributed by atoms with Crippen molar-refractivity contribution < 1.29 is 13.9 Å². The second-order valence-corrected chi connectivity index (χ2v) is 9.53. The Morgan fingerprint density at radius 1 is 1.08 bits per heavy atom. The summed E-state index contributed by atoms with van der Waals surface area (Å²) in [6.45, 7) is 4.05. The summed E-state index contributed by atoms with van der Waals surface area (Å²) in [7, 11) is 1.51. The number of piperidine rings is 1. The third-order valence-corrected chi connectivity index (χ3v) is 7.09. The van der Waals surface area contributed by atoms with Crippen LogP contribution < -0.4 is 10.1 Å². The summed E-state index contributed by atoms with van der Waals surface area (Å²) >= 11 is 0. The fourth-order valence-corrected chi connectivity index (χ4v) is 5.05. The Morgan fingerprint density at radius 2 is 1.86 bits per heavy atom. The van der Waals surface area contributed by atoms with Gasteiger partial charge in [0.25, 0.3) is 5.91 Å². The molecule has 1 fully saturated rings. The van der Waals surface area contributed by atoms with Crippen molar-refractivity contribution in [1.82, 2.24) is 24.8 Å². The Hall–Kier alpha value is -3.78. The van der Waals surface area contributed by atoms with Crippen LogP contribution >= 0.6 is 0 Å². The lowest BCUT2D eigenvalue weighted by atomic mass is 9.93. The third kappa shape index (κ3) is 5.97. The highest BCUT2D eigenvalue weighted by Gasteiger charge is 2.22. The van der Waals surface area contributed by atoms with Gasteiger partial charge in [-0.25, -0.2) is 14.4 Å². The van der Waals surface area contributed by atoms with Crippen molar-refractivity contribution >= 4 is 16.9 Å². The summed E-state index contributed by atoms with van der Waals surface area (Å²) in [4.78, 5) is 24.0. The largest absolute Gasteiger partial charge is 0.480 e. The lowest BCUT2D eigenvalue weighted by Crippen LogP contribution is -2.40. The first-order valence-corrected chi connectivity index (χ1v) is 12.8. The van der Waals surface area contributed by atoms with Crippen molar-refractivity contribution in [2.24, 2.45) is 5.92 Å². The number of benzene rings is 2. The Bertz CT molecular complexity index is 1350. The number of nitrogens with zero attached hydrogens (tertiary/aromatic N) is 4. The molecule has 8 heteroatoms. The van der Waals surface area contributed by atoms with E-state index < -0.39 is 0 Å². The molecule has 1 saturated heterocycles. The predicted molar refractivity (Wildman–Crippen MR) is 141 cm³/mol.